The van der Waals surface area contributed by atoms with Crippen LogP contribution < -0.4 is 10.6 Å². The van der Waals surface area contributed by atoms with E-state index < -0.39 is 24.0 Å². The van der Waals surface area contributed by atoms with E-state index in [0.717, 1.165) is 10.5 Å². The molecule has 6 heteroatoms. The lowest BCUT2D eigenvalue weighted by Crippen LogP contribution is -2.53. The summed E-state index contributed by atoms with van der Waals surface area (Å²) in [5.41, 5.74) is 2.21. The van der Waals surface area contributed by atoms with Crippen molar-refractivity contribution in [3.05, 3.63) is 102 Å². The van der Waals surface area contributed by atoms with Crippen LogP contribution >= 0.6 is 0 Å². The number of rotatable bonds is 5. The largest absolute Gasteiger partial charge is 0.320 e. The van der Waals surface area contributed by atoms with Crippen LogP contribution in [0.25, 0.3) is 0 Å². The molecule has 144 valence electrons. The fourth-order valence-electron chi connectivity index (χ4n) is 3.38. The van der Waals surface area contributed by atoms with Gasteiger partial charge in [-0.05, 0) is 29.8 Å². The maximum atomic E-state index is 12.9. The average molecular weight is 385 g/mol. The molecular formula is C23H19N3O3. The van der Waals surface area contributed by atoms with E-state index in [9.17, 15) is 14.4 Å². The summed E-state index contributed by atoms with van der Waals surface area (Å²) >= 11 is 0. The minimum atomic E-state index is -0.825. The summed E-state index contributed by atoms with van der Waals surface area (Å²) < 4.78 is 0. The molecule has 2 N–H and O–H groups in total. The number of carbonyl (C=O) groups excluding carboxylic acids is 3. The zero-order valence-corrected chi connectivity index (χ0v) is 15.5. The van der Waals surface area contributed by atoms with Gasteiger partial charge < -0.3 is 10.6 Å². The maximum Gasteiger partial charge on any atom is 0.320 e. The van der Waals surface area contributed by atoms with Crippen molar-refractivity contribution in [3.8, 4) is 0 Å². The Morgan fingerprint density at radius 1 is 0.759 bits per heavy atom. The first-order chi connectivity index (χ1) is 14.1. The Labute approximate surface area is 168 Å². The molecule has 1 atom stereocenters. The smallest absolute Gasteiger partial charge is 0.317 e. The summed E-state index contributed by atoms with van der Waals surface area (Å²) in [7, 11) is 0. The quantitative estimate of drug-likeness (QED) is 0.658. The molecule has 1 aliphatic rings. The van der Waals surface area contributed by atoms with Gasteiger partial charge in [0.05, 0.1) is 11.1 Å². The fourth-order valence-corrected chi connectivity index (χ4v) is 3.38. The summed E-state index contributed by atoms with van der Waals surface area (Å²) in [6, 6.07) is 24.6. The molecule has 1 unspecified atom stereocenters. The molecule has 4 rings (SSSR count). The van der Waals surface area contributed by atoms with Gasteiger partial charge in [-0.1, -0.05) is 60.7 Å². The molecule has 0 saturated carbocycles. The molecule has 0 radical (unpaired) electrons. The van der Waals surface area contributed by atoms with Crippen molar-refractivity contribution >= 4 is 23.5 Å². The predicted octanol–water partition coefficient (Wildman–Crippen LogP) is 3.67. The van der Waals surface area contributed by atoms with Gasteiger partial charge >= 0.3 is 6.03 Å². The van der Waals surface area contributed by atoms with Crippen LogP contribution in [0.1, 0.15) is 26.3 Å². The highest BCUT2D eigenvalue weighted by Gasteiger charge is 2.40. The Bertz CT molecular complexity index is 1020. The number of carbonyl (C=O) groups is 3. The monoisotopic (exact) mass is 385 g/mol. The number of hydrogen-bond donors (Lipinski definition) is 2. The molecule has 0 aliphatic carbocycles. The third-order valence-corrected chi connectivity index (χ3v) is 4.74. The second-order valence-corrected chi connectivity index (χ2v) is 6.70. The first kappa shape index (κ1) is 18.4. The van der Waals surface area contributed by atoms with Crippen LogP contribution in [0.5, 0.6) is 0 Å². The molecule has 4 amide bonds. The van der Waals surface area contributed by atoms with Crippen molar-refractivity contribution in [2.45, 2.75) is 12.6 Å². The highest BCUT2D eigenvalue weighted by atomic mass is 16.2. The van der Waals surface area contributed by atoms with E-state index >= 15 is 0 Å². The zero-order valence-electron chi connectivity index (χ0n) is 15.5. The van der Waals surface area contributed by atoms with Crippen molar-refractivity contribution in [3.63, 3.8) is 0 Å². The van der Waals surface area contributed by atoms with Gasteiger partial charge in [0.1, 0.15) is 6.17 Å². The fraction of sp³-hybridized carbons (Fsp3) is 0.0870. The summed E-state index contributed by atoms with van der Waals surface area (Å²) in [6.07, 6.45) is -0.525. The topological polar surface area (TPSA) is 78.5 Å². The van der Waals surface area contributed by atoms with Crippen molar-refractivity contribution in [1.82, 2.24) is 10.2 Å². The standard InChI is InChI=1S/C23H19N3O3/c27-21-18-13-7-8-14-19(18)22(28)26(21)20(15-16-9-3-1-4-10-16)25-23(29)24-17-11-5-2-6-12-17/h1-14,20H,15H2,(H2,24,25,29). The molecule has 1 heterocycles. The Hall–Kier alpha value is -3.93. The molecule has 29 heavy (non-hydrogen) atoms. The molecule has 6 nitrogen and oxygen atoms in total. The number of fused-ring (bicyclic) bond motifs is 1. The third kappa shape index (κ3) is 3.87. The zero-order chi connectivity index (χ0) is 20.2. The van der Waals surface area contributed by atoms with Crippen molar-refractivity contribution in [1.29, 1.82) is 0 Å². The maximum absolute atomic E-state index is 12.9. The van der Waals surface area contributed by atoms with E-state index in [0.29, 0.717) is 23.2 Å². The second-order valence-electron chi connectivity index (χ2n) is 6.70. The average Bonchev–Trinajstić information content (AvgIpc) is 3.00. The third-order valence-electron chi connectivity index (χ3n) is 4.74. The highest BCUT2D eigenvalue weighted by molar-refractivity contribution is 6.21. The van der Waals surface area contributed by atoms with Gasteiger partial charge in [0, 0.05) is 12.1 Å². The summed E-state index contributed by atoms with van der Waals surface area (Å²) in [5.74, 6) is -0.821. The molecule has 0 bridgehead atoms. The normalized spacial score (nSPS) is 13.7. The number of imide groups is 1. The van der Waals surface area contributed by atoms with E-state index in [1.807, 2.05) is 36.4 Å². The van der Waals surface area contributed by atoms with Crippen LogP contribution in [-0.2, 0) is 6.42 Å². The van der Waals surface area contributed by atoms with Gasteiger partial charge in [0.25, 0.3) is 11.8 Å². The predicted molar refractivity (Wildman–Crippen MR) is 109 cm³/mol. The number of anilines is 1. The van der Waals surface area contributed by atoms with Crippen LogP contribution in [0.2, 0.25) is 0 Å². The Morgan fingerprint density at radius 2 is 1.28 bits per heavy atom. The molecular weight excluding hydrogens is 366 g/mol. The molecule has 1 aliphatic heterocycles. The lowest BCUT2D eigenvalue weighted by Gasteiger charge is -2.27. The van der Waals surface area contributed by atoms with Crippen molar-refractivity contribution in [2.75, 3.05) is 5.32 Å². The Balaban J connectivity index is 1.60. The molecule has 0 aromatic heterocycles. The number of amides is 4. The summed E-state index contributed by atoms with van der Waals surface area (Å²) in [5, 5.41) is 5.52. The van der Waals surface area contributed by atoms with Gasteiger partial charge in [-0.2, -0.15) is 0 Å². The van der Waals surface area contributed by atoms with Gasteiger partial charge in [-0.25, -0.2) is 4.79 Å². The molecule has 0 fully saturated rings. The first-order valence-electron chi connectivity index (χ1n) is 9.27. The summed E-state index contributed by atoms with van der Waals surface area (Å²) in [4.78, 5) is 39.5. The molecule has 3 aromatic rings. The Morgan fingerprint density at radius 3 is 1.86 bits per heavy atom. The van der Waals surface area contributed by atoms with Crippen LogP contribution in [-0.4, -0.2) is 28.9 Å². The van der Waals surface area contributed by atoms with Gasteiger partial charge in [0.15, 0.2) is 0 Å². The number of hydrogen-bond acceptors (Lipinski definition) is 3. The van der Waals surface area contributed by atoms with Crippen LogP contribution in [0, 0.1) is 0 Å². The number of para-hydroxylation sites is 1. The minimum Gasteiger partial charge on any atom is -0.317 e. The number of nitrogens with one attached hydrogen (secondary N) is 2. The minimum absolute atomic E-state index is 0.300. The van der Waals surface area contributed by atoms with Crippen LogP contribution in [0.4, 0.5) is 10.5 Å². The number of urea groups is 1. The van der Waals surface area contributed by atoms with Gasteiger partial charge in [-0.15, -0.1) is 0 Å². The number of benzene rings is 3. The first-order valence-corrected chi connectivity index (χ1v) is 9.27. The second kappa shape index (κ2) is 7.98. The van der Waals surface area contributed by atoms with Crippen LogP contribution in [0.3, 0.4) is 0 Å². The van der Waals surface area contributed by atoms with E-state index in [2.05, 4.69) is 10.6 Å². The highest BCUT2D eigenvalue weighted by Crippen LogP contribution is 2.25. The van der Waals surface area contributed by atoms with Crippen molar-refractivity contribution < 1.29 is 14.4 Å². The molecule has 0 spiro atoms. The van der Waals surface area contributed by atoms with E-state index in [-0.39, 0.29) is 0 Å². The van der Waals surface area contributed by atoms with E-state index in [1.54, 1.807) is 48.5 Å². The number of nitrogens with zero attached hydrogens (tertiary/aromatic N) is 1. The van der Waals surface area contributed by atoms with E-state index in [1.165, 1.54) is 0 Å². The molecule has 3 aromatic carbocycles. The van der Waals surface area contributed by atoms with Gasteiger partial charge in [0.2, 0.25) is 0 Å². The van der Waals surface area contributed by atoms with Gasteiger partial charge in [-0.3, -0.25) is 14.5 Å². The van der Waals surface area contributed by atoms with Crippen LogP contribution in [0.15, 0.2) is 84.9 Å². The SMILES string of the molecule is O=C(Nc1ccccc1)NC(Cc1ccccc1)N1C(=O)c2ccccc2C1=O. The summed E-state index contributed by atoms with van der Waals surface area (Å²) in [6.45, 7) is 0. The lowest BCUT2D eigenvalue weighted by molar-refractivity contribution is 0.0565. The van der Waals surface area contributed by atoms with E-state index in [4.69, 9.17) is 0 Å². The van der Waals surface area contributed by atoms with Crippen molar-refractivity contribution in [2.24, 2.45) is 0 Å². The Kier molecular flexibility index (Phi) is 5.07. The molecule has 0 saturated heterocycles. The lowest BCUT2D eigenvalue weighted by atomic mass is 10.1.